The smallest absolute Gasteiger partial charge is 0.348 e. The minimum absolute atomic E-state index is 0.0169. The molecule has 4 nitrogen and oxygen atoms in total. The van der Waals surface area contributed by atoms with Crippen LogP contribution < -0.4 is 4.90 Å². The van der Waals surface area contributed by atoms with Gasteiger partial charge in [-0.1, -0.05) is 26.0 Å². The van der Waals surface area contributed by atoms with Crippen molar-refractivity contribution in [1.29, 1.82) is 5.26 Å². The maximum atomic E-state index is 11.7. The van der Waals surface area contributed by atoms with Gasteiger partial charge >= 0.3 is 5.97 Å². The fraction of sp³-hybridized carbons (Fsp3) is 0.375. The summed E-state index contributed by atoms with van der Waals surface area (Å²) >= 11 is 0. The fourth-order valence-electron chi connectivity index (χ4n) is 1.49. The summed E-state index contributed by atoms with van der Waals surface area (Å²) in [4.78, 5) is 13.7. The normalized spacial score (nSPS) is 11.1. The van der Waals surface area contributed by atoms with Crippen molar-refractivity contribution in [2.45, 2.75) is 13.8 Å². The monoisotopic (exact) mass is 272 g/mol. The highest BCUT2D eigenvalue weighted by molar-refractivity contribution is 5.97. The summed E-state index contributed by atoms with van der Waals surface area (Å²) in [5.41, 5.74) is 1.87. The van der Waals surface area contributed by atoms with Crippen molar-refractivity contribution < 1.29 is 9.53 Å². The molecule has 0 heterocycles. The third-order valence-corrected chi connectivity index (χ3v) is 2.61. The van der Waals surface area contributed by atoms with Crippen LogP contribution in [0.25, 0.3) is 6.08 Å². The first-order valence-corrected chi connectivity index (χ1v) is 6.50. The molecule has 0 atom stereocenters. The molecular formula is C16H20N2O2. The topological polar surface area (TPSA) is 53.3 Å². The molecule has 1 aromatic rings. The van der Waals surface area contributed by atoms with E-state index in [1.54, 1.807) is 6.08 Å². The third kappa shape index (κ3) is 4.77. The van der Waals surface area contributed by atoms with Gasteiger partial charge in [0.05, 0.1) is 6.61 Å². The van der Waals surface area contributed by atoms with Crippen molar-refractivity contribution in [3.63, 3.8) is 0 Å². The predicted octanol–water partition coefficient (Wildman–Crippen LogP) is 2.86. The summed E-state index contributed by atoms with van der Waals surface area (Å²) in [6.45, 7) is 4.21. The van der Waals surface area contributed by atoms with E-state index in [1.165, 1.54) is 0 Å². The van der Waals surface area contributed by atoms with Crippen LogP contribution in [0.15, 0.2) is 29.8 Å². The quantitative estimate of drug-likeness (QED) is 0.470. The van der Waals surface area contributed by atoms with Gasteiger partial charge in [-0.15, -0.1) is 0 Å². The van der Waals surface area contributed by atoms with Crippen molar-refractivity contribution in [1.82, 2.24) is 0 Å². The number of hydrogen-bond donors (Lipinski definition) is 0. The first-order chi connectivity index (χ1) is 9.43. The first kappa shape index (κ1) is 15.8. The number of nitrogens with zero attached hydrogens (tertiary/aromatic N) is 2. The Bertz CT molecular complexity index is 522. The van der Waals surface area contributed by atoms with Crippen LogP contribution in [0.4, 0.5) is 5.69 Å². The molecule has 0 N–H and O–H groups in total. The molecule has 0 spiro atoms. The lowest BCUT2D eigenvalue weighted by Crippen LogP contribution is -2.11. The number of benzene rings is 1. The van der Waals surface area contributed by atoms with Gasteiger partial charge in [-0.25, -0.2) is 4.79 Å². The van der Waals surface area contributed by atoms with E-state index in [4.69, 9.17) is 10.00 Å². The molecular weight excluding hydrogens is 252 g/mol. The largest absolute Gasteiger partial charge is 0.461 e. The van der Waals surface area contributed by atoms with E-state index >= 15 is 0 Å². The molecule has 1 aromatic carbocycles. The molecule has 4 heteroatoms. The van der Waals surface area contributed by atoms with Gasteiger partial charge < -0.3 is 9.64 Å². The second-order valence-electron chi connectivity index (χ2n) is 5.15. The highest BCUT2D eigenvalue weighted by Gasteiger charge is 2.11. The maximum absolute atomic E-state index is 11.7. The van der Waals surface area contributed by atoms with E-state index in [0.29, 0.717) is 6.61 Å². The van der Waals surface area contributed by atoms with Gasteiger partial charge in [0, 0.05) is 19.8 Å². The zero-order valence-electron chi connectivity index (χ0n) is 12.4. The second-order valence-corrected chi connectivity index (χ2v) is 5.15. The minimum Gasteiger partial charge on any atom is -0.461 e. The second kappa shape index (κ2) is 7.34. The summed E-state index contributed by atoms with van der Waals surface area (Å²) in [5, 5.41) is 9.04. The van der Waals surface area contributed by atoms with E-state index in [9.17, 15) is 4.79 Å². The number of carbonyl (C=O) groups excluding carboxylic acids is 1. The van der Waals surface area contributed by atoms with Crippen LogP contribution in [-0.2, 0) is 9.53 Å². The highest BCUT2D eigenvalue weighted by Crippen LogP contribution is 2.15. The van der Waals surface area contributed by atoms with Crippen LogP contribution >= 0.6 is 0 Å². The van der Waals surface area contributed by atoms with Gasteiger partial charge in [0.15, 0.2) is 0 Å². The van der Waals surface area contributed by atoms with Crippen LogP contribution in [0.1, 0.15) is 19.4 Å². The van der Waals surface area contributed by atoms with Gasteiger partial charge in [0.25, 0.3) is 0 Å². The zero-order chi connectivity index (χ0) is 15.1. The number of esters is 1. The van der Waals surface area contributed by atoms with Gasteiger partial charge in [-0.2, -0.15) is 5.26 Å². The summed E-state index contributed by atoms with van der Waals surface area (Å²) in [5.74, 6) is -0.323. The van der Waals surface area contributed by atoms with Crippen molar-refractivity contribution in [3.05, 3.63) is 35.4 Å². The summed E-state index contributed by atoms with van der Waals surface area (Å²) in [6, 6.07) is 9.48. The Balaban J connectivity index is 2.83. The number of rotatable bonds is 5. The molecule has 0 aliphatic heterocycles. The molecule has 0 radical (unpaired) electrons. The number of carbonyl (C=O) groups is 1. The molecule has 0 amide bonds. The summed E-state index contributed by atoms with van der Waals surface area (Å²) in [7, 11) is 3.91. The van der Waals surface area contributed by atoms with E-state index < -0.39 is 5.97 Å². The third-order valence-electron chi connectivity index (χ3n) is 2.61. The van der Waals surface area contributed by atoms with Gasteiger partial charge in [-0.05, 0) is 29.7 Å². The first-order valence-electron chi connectivity index (χ1n) is 6.50. The Morgan fingerprint density at radius 1 is 1.35 bits per heavy atom. The highest BCUT2D eigenvalue weighted by atomic mass is 16.5. The van der Waals surface area contributed by atoms with Crippen LogP contribution in [-0.4, -0.2) is 26.7 Å². The number of nitriles is 1. The Labute approximate surface area is 120 Å². The molecule has 0 aliphatic carbocycles. The lowest BCUT2D eigenvalue weighted by atomic mass is 10.1. The van der Waals surface area contributed by atoms with E-state index in [2.05, 4.69) is 0 Å². The van der Waals surface area contributed by atoms with Crippen LogP contribution in [0.5, 0.6) is 0 Å². The molecule has 0 bridgehead atoms. The Hall–Kier alpha value is -2.28. The van der Waals surface area contributed by atoms with Gasteiger partial charge in [0.1, 0.15) is 11.6 Å². The van der Waals surface area contributed by atoms with Crippen molar-refractivity contribution in [2.75, 3.05) is 25.6 Å². The Morgan fingerprint density at radius 2 is 1.95 bits per heavy atom. The van der Waals surface area contributed by atoms with E-state index in [-0.39, 0.29) is 11.5 Å². The predicted molar refractivity (Wildman–Crippen MR) is 80.2 cm³/mol. The Morgan fingerprint density at radius 3 is 2.40 bits per heavy atom. The number of hydrogen-bond acceptors (Lipinski definition) is 4. The van der Waals surface area contributed by atoms with Crippen LogP contribution in [0.2, 0.25) is 0 Å². The molecule has 0 aliphatic rings. The zero-order valence-corrected chi connectivity index (χ0v) is 12.4. The van der Waals surface area contributed by atoms with Crippen LogP contribution in [0, 0.1) is 17.2 Å². The van der Waals surface area contributed by atoms with E-state index in [1.807, 2.05) is 63.2 Å². The molecule has 0 saturated carbocycles. The molecule has 20 heavy (non-hydrogen) atoms. The number of ether oxygens (including phenoxy) is 1. The van der Waals surface area contributed by atoms with Crippen molar-refractivity contribution >= 4 is 17.7 Å². The lowest BCUT2D eigenvalue weighted by Gasteiger charge is -2.12. The fourth-order valence-corrected chi connectivity index (χ4v) is 1.49. The molecule has 0 fully saturated rings. The molecule has 0 saturated heterocycles. The Kier molecular flexibility index (Phi) is 5.79. The summed E-state index contributed by atoms with van der Waals surface area (Å²) in [6.07, 6.45) is 1.54. The van der Waals surface area contributed by atoms with E-state index in [0.717, 1.165) is 11.3 Å². The molecule has 106 valence electrons. The van der Waals surface area contributed by atoms with Gasteiger partial charge in [0.2, 0.25) is 0 Å². The number of anilines is 1. The average molecular weight is 272 g/mol. The van der Waals surface area contributed by atoms with Gasteiger partial charge in [-0.3, -0.25) is 0 Å². The van der Waals surface area contributed by atoms with Crippen molar-refractivity contribution in [3.8, 4) is 6.07 Å². The molecule has 0 aromatic heterocycles. The standard InChI is InChI=1S/C16H20N2O2/c1-12(2)11-20-16(19)14(10-17)9-13-5-7-15(8-6-13)18(3)4/h5-9,12H,11H2,1-4H3/b14-9+. The van der Waals surface area contributed by atoms with Crippen LogP contribution in [0.3, 0.4) is 0 Å². The molecule has 0 unspecified atom stereocenters. The summed E-state index contributed by atoms with van der Waals surface area (Å²) < 4.78 is 5.05. The SMILES string of the molecule is CC(C)COC(=O)/C(C#N)=C/c1ccc(N(C)C)cc1. The van der Waals surface area contributed by atoms with Crippen molar-refractivity contribution in [2.24, 2.45) is 5.92 Å². The average Bonchev–Trinajstić information content (AvgIpc) is 2.42. The molecule has 1 rings (SSSR count). The minimum atomic E-state index is -0.571. The maximum Gasteiger partial charge on any atom is 0.348 e. The lowest BCUT2D eigenvalue weighted by molar-refractivity contribution is -0.139.